The van der Waals surface area contributed by atoms with Gasteiger partial charge in [0.1, 0.15) is 0 Å². The summed E-state index contributed by atoms with van der Waals surface area (Å²) < 4.78 is 26.3. The number of halogens is 2. The van der Waals surface area contributed by atoms with Crippen LogP contribution >= 0.6 is 20.4 Å². The van der Waals surface area contributed by atoms with Gasteiger partial charge in [-0.25, -0.2) is 0 Å². The number of benzene rings is 2. The van der Waals surface area contributed by atoms with Gasteiger partial charge in [-0.2, -0.15) is 0 Å². The van der Waals surface area contributed by atoms with Gasteiger partial charge in [0.25, 0.3) is 0 Å². The molecule has 0 aliphatic rings. The minimum atomic E-state index is -3.19. The number of hydrogen-bond acceptors (Lipinski definition) is 4. The molecule has 6 heteroatoms. The Bertz CT molecular complexity index is 1090. The molecule has 0 N–H and O–H groups in total. The predicted molar refractivity (Wildman–Crippen MR) is 97.5 cm³/mol. The van der Waals surface area contributed by atoms with Gasteiger partial charge in [-0.3, -0.25) is 0 Å². The molecular weight excluding hydrogens is 426 g/mol. The Morgan fingerprint density at radius 2 is 1.08 bits per heavy atom. The van der Waals surface area contributed by atoms with Crippen molar-refractivity contribution in [2.24, 2.45) is 0 Å². The summed E-state index contributed by atoms with van der Waals surface area (Å²) in [7, 11) is 0. The quantitative estimate of drug-likeness (QED) is 0.347. The Labute approximate surface area is 142 Å². The van der Waals surface area contributed by atoms with Crippen molar-refractivity contribution in [3.8, 4) is 0 Å². The molecule has 4 nitrogen and oxygen atoms in total. The molecule has 4 rings (SSSR count). The van der Waals surface area contributed by atoms with Crippen LogP contribution in [0.3, 0.4) is 0 Å². The molecule has 0 saturated heterocycles. The van der Waals surface area contributed by atoms with Crippen molar-refractivity contribution in [3.63, 3.8) is 0 Å². The van der Waals surface area contributed by atoms with Crippen molar-refractivity contribution in [1.82, 2.24) is 0 Å². The van der Waals surface area contributed by atoms with E-state index in [4.69, 9.17) is 8.83 Å². The molecule has 0 atom stereocenters. The Morgan fingerprint density at radius 3 is 1.54 bits per heavy atom. The Hall–Kier alpha value is -2.48. The van der Waals surface area contributed by atoms with E-state index in [1.54, 1.807) is 48.5 Å². The van der Waals surface area contributed by atoms with Gasteiger partial charge in [0.05, 0.1) is 0 Å². The monoisotopic (exact) mass is 436 g/mol. The van der Waals surface area contributed by atoms with E-state index >= 15 is 2.86 Å². The molecule has 0 saturated carbocycles. The number of hydrogen-bond donors (Lipinski definition) is 0. The van der Waals surface area contributed by atoms with Gasteiger partial charge in [-0.15, -0.1) is 0 Å². The van der Waals surface area contributed by atoms with E-state index in [0.717, 1.165) is 10.8 Å². The molecule has 0 unspecified atom stereocenters. The van der Waals surface area contributed by atoms with Crippen molar-refractivity contribution in [2.75, 3.05) is 0 Å². The number of fused-ring (bicyclic) bond motifs is 2. The van der Waals surface area contributed by atoms with E-state index in [9.17, 15) is 9.59 Å². The molecule has 0 bridgehead atoms. The first-order valence-corrected chi connectivity index (χ1v) is 10.0. The van der Waals surface area contributed by atoms with E-state index in [0.29, 0.717) is 18.3 Å². The standard InChI is InChI=1S/C18H10FIO4/c19-20(13-5-1-11-3-7-17(21)23-15(11)9-13)14-6-2-12-4-8-18(22)24-16(12)10-14/h1-10H. The number of rotatable bonds is 2. The fraction of sp³-hybridized carbons (Fsp3) is 0. The molecule has 24 heavy (non-hydrogen) atoms. The predicted octanol–water partition coefficient (Wildman–Crippen LogP) is 4.33. The Balaban J connectivity index is 1.81. The van der Waals surface area contributed by atoms with Crippen LogP contribution in [-0.2, 0) is 0 Å². The van der Waals surface area contributed by atoms with Crippen LogP contribution in [0.5, 0.6) is 0 Å². The van der Waals surface area contributed by atoms with Gasteiger partial charge in [-0.1, -0.05) is 0 Å². The molecule has 0 radical (unpaired) electrons. The van der Waals surface area contributed by atoms with Crippen LogP contribution in [0.2, 0.25) is 0 Å². The first-order chi connectivity index (χ1) is 11.6. The topological polar surface area (TPSA) is 60.4 Å². The van der Waals surface area contributed by atoms with Crippen LogP contribution in [0.25, 0.3) is 21.9 Å². The second-order valence-corrected chi connectivity index (χ2v) is 8.96. The van der Waals surface area contributed by atoms with Crippen molar-refractivity contribution in [2.45, 2.75) is 0 Å². The second-order valence-electron chi connectivity index (χ2n) is 5.11. The molecule has 4 aromatic rings. The summed E-state index contributed by atoms with van der Waals surface area (Å²) in [6.45, 7) is 0. The fourth-order valence-corrected chi connectivity index (χ4v) is 5.22. The van der Waals surface area contributed by atoms with Crippen LogP contribution in [0, 0.1) is 7.14 Å². The summed E-state index contributed by atoms with van der Waals surface area (Å²) in [4.78, 5) is 22.6. The zero-order valence-electron chi connectivity index (χ0n) is 12.2. The first-order valence-electron chi connectivity index (χ1n) is 7.04. The average Bonchev–Trinajstić information content (AvgIpc) is 2.59. The summed E-state index contributed by atoms with van der Waals surface area (Å²) in [5.41, 5.74) is -0.197. The molecule has 2 aromatic carbocycles. The van der Waals surface area contributed by atoms with Gasteiger partial charge in [0.2, 0.25) is 0 Å². The van der Waals surface area contributed by atoms with E-state index in [2.05, 4.69) is 0 Å². The molecule has 0 spiro atoms. The zero-order chi connectivity index (χ0) is 16.7. The summed E-state index contributed by atoms with van der Waals surface area (Å²) in [6.07, 6.45) is 0. The third kappa shape index (κ3) is 2.73. The second kappa shape index (κ2) is 5.86. The normalized spacial score (nSPS) is 11.8. The summed E-state index contributed by atoms with van der Waals surface area (Å²) in [5.74, 6) is 0. The molecule has 2 aromatic heterocycles. The van der Waals surface area contributed by atoms with E-state index in [1.807, 2.05) is 0 Å². The van der Waals surface area contributed by atoms with E-state index < -0.39 is 31.6 Å². The van der Waals surface area contributed by atoms with Crippen molar-refractivity contribution in [3.05, 3.63) is 88.6 Å². The van der Waals surface area contributed by atoms with Crippen molar-refractivity contribution < 1.29 is 11.7 Å². The van der Waals surface area contributed by atoms with Crippen LogP contribution < -0.4 is 11.3 Å². The summed E-state index contributed by atoms with van der Waals surface area (Å²) in [5, 5.41) is 1.49. The SMILES string of the molecule is O=c1ccc2ccc(I(F)c3ccc4ccc(=O)oc4c3)cc2o1. The van der Waals surface area contributed by atoms with E-state index in [-0.39, 0.29) is 0 Å². The van der Waals surface area contributed by atoms with Gasteiger partial charge in [-0.05, 0) is 0 Å². The van der Waals surface area contributed by atoms with E-state index in [1.165, 1.54) is 12.1 Å². The van der Waals surface area contributed by atoms with Gasteiger partial charge in [0.15, 0.2) is 0 Å². The molecule has 2 heterocycles. The average molecular weight is 436 g/mol. The fourth-order valence-electron chi connectivity index (χ4n) is 2.40. The summed E-state index contributed by atoms with van der Waals surface area (Å²) in [6, 6.07) is 16.0. The van der Waals surface area contributed by atoms with Gasteiger partial charge >= 0.3 is 143 Å². The molecule has 0 aliphatic heterocycles. The molecule has 0 amide bonds. The van der Waals surface area contributed by atoms with Crippen LogP contribution in [0.4, 0.5) is 2.86 Å². The van der Waals surface area contributed by atoms with Crippen LogP contribution in [0.1, 0.15) is 0 Å². The Morgan fingerprint density at radius 1 is 0.667 bits per heavy atom. The minimum absolute atomic E-state index is 0.368. The molecule has 0 fully saturated rings. The zero-order valence-corrected chi connectivity index (χ0v) is 14.3. The van der Waals surface area contributed by atoms with Crippen molar-refractivity contribution >= 4 is 42.3 Å². The van der Waals surface area contributed by atoms with Gasteiger partial charge in [0, 0.05) is 0 Å². The Kier molecular flexibility index (Phi) is 3.68. The van der Waals surface area contributed by atoms with Crippen LogP contribution in [-0.4, -0.2) is 0 Å². The van der Waals surface area contributed by atoms with Crippen LogP contribution in [0.15, 0.2) is 79.1 Å². The first kappa shape index (κ1) is 15.1. The molecule has 120 valence electrons. The third-order valence-corrected chi connectivity index (χ3v) is 7.08. The molecule has 0 aliphatic carbocycles. The molecular formula is C18H10FIO4. The van der Waals surface area contributed by atoms with Crippen molar-refractivity contribution in [1.29, 1.82) is 0 Å². The van der Waals surface area contributed by atoms with Gasteiger partial charge < -0.3 is 0 Å². The maximum absolute atomic E-state index is 15.0. The third-order valence-electron chi connectivity index (χ3n) is 3.55. The maximum atomic E-state index is 15.0. The summed E-state index contributed by atoms with van der Waals surface area (Å²) >= 11 is -3.19.